The molecule has 0 bridgehead atoms. The first-order valence-electron chi connectivity index (χ1n) is 5.99. The van der Waals surface area contributed by atoms with E-state index in [0.717, 1.165) is 6.07 Å². The second-order valence-corrected chi connectivity index (χ2v) is 5.40. The Morgan fingerprint density at radius 1 is 1.15 bits per heavy atom. The molecule has 0 amide bonds. The van der Waals surface area contributed by atoms with Crippen molar-refractivity contribution < 1.29 is 18.3 Å². The van der Waals surface area contributed by atoms with Crippen LogP contribution in [0.3, 0.4) is 0 Å². The highest BCUT2D eigenvalue weighted by Gasteiger charge is 2.28. The molecular formula is C15H9BrF2O2. The zero-order valence-corrected chi connectivity index (χ0v) is 11.8. The maximum atomic E-state index is 13.5. The molecule has 0 N–H and O–H groups in total. The summed E-state index contributed by atoms with van der Waals surface area (Å²) in [7, 11) is 0. The van der Waals surface area contributed by atoms with Crippen LogP contribution in [-0.2, 0) is 0 Å². The molecule has 102 valence electrons. The van der Waals surface area contributed by atoms with Crippen molar-refractivity contribution in [2.75, 3.05) is 0 Å². The highest BCUT2D eigenvalue weighted by Crippen LogP contribution is 2.35. The van der Waals surface area contributed by atoms with Crippen LogP contribution in [0.25, 0.3) is 0 Å². The lowest BCUT2D eigenvalue weighted by Gasteiger charge is -2.25. The summed E-state index contributed by atoms with van der Waals surface area (Å²) in [6, 6.07) is 8.41. The molecule has 0 aliphatic carbocycles. The number of halogens is 3. The van der Waals surface area contributed by atoms with E-state index in [1.54, 1.807) is 12.1 Å². The Bertz CT molecular complexity index is 700. The van der Waals surface area contributed by atoms with Gasteiger partial charge in [-0.3, -0.25) is 4.79 Å². The summed E-state index contributed by atoms with van der Waals surface area (Å²) < 4.78 is 32.7. The van der Waals surface area contributed by atoms with Crippen molar-refractivity contribution in [2.24, 2.45) is 0 Å². The molecule has 0 aromatic heterocycles. The van der Waals surface area contributed by atoms with E-state index in [-0.39, 0.29) is 17.8 Å². The molecule has 3 rings (SSSR count). The van der Waals surface area contributed by atoms with Gasteiger partial charge in [0.05, 0.1) is 16.5 Å². The molecule has 20 heavy (non-hydrogen) atoms. The van der Waals surface area contributed by atoms with Crippen molar-refractivity contribution in [1.82, 2.24) is 0 Å². The molecule has 2 nitrogen and oxygen atoms in total. The van der Waals surface area contributed by atoms with Gasteiger partial charge in [-0.25, -0.2) is 8.78 Å². The van der Waals surface area contributed by atoms with Crippen LogP contribution in [0.2, 0.25) is 0 Å². The Labute approximate surface area is 122 Å². The van der Waals surface area contributed by atoms with E-state index in [1.165, 1.54) is 18.2 Å². The number of fused-ring (bicyclic) bond motifs is 1. The smallest absolute Gasteiger partial charge is 0.170 e. The number of hydrogen-bond acceptors (Lipinski definition) is 2. The van der Waals surface area contributed by atoms with E-state index in [9.17, 15) is 13.6 Å². The highest BCUT2D eigenvalue weighted by atomic mass is 79.9. The lowest BCUT2D eigenvalue weighted by Crippen LogP contribution is -2.20. The van der Waals surface area contributed by atoms with Crippen molar-refractivity contribution in [3.8, 4) is 5.75 Å². The van der Waals surface area contributed by atoms with Crippen LogP contribution in [0.4, 0.5) is 8.78 Å². The number of carbonyl (C=O) groups is 1. The quantitative estimate of drug-likeness (QED) is 0.768. The molecule has 0 radical (unpaired) electrons. The van der Waals surface area contributed by atoms with Crippen LogP contribution in [0.1, 0.15) is 28.4 Å². The summed E-state index contributed by atoms with van der Waals surface area (Å²) in [5.74, 6) is -0.771. The third-order valence-corrected chi connectivity index (χ3v) is 3.84. The van der Waals surface area contributed by atoms with Gasteiger partial charge in [0, 0.05) is 0 Å². The van der Waals surface area contributed by atoms with Crippen LogP contribution in [0.5, 0.6) is 5.75 Å². The SMILES string of the molecule is O=C1CC(c2ccc(Br)c(F)c2)Oc2ccc(F)cc21. The van der Waals surface area contributed by atoms with E-state index in [2.05, 4.69) is 15.9 Å². The third kappa shape index (κ3) is 2.33. The zero-order valence-electron chi connectivity index (χ0n) is 10.2. The first kappa shape index (κ1) is 13.2. The second kappa shape index (κ2) is 4.98. The molecule has 1 aliphatic heterocycles. The molecular weight excluding hydrogens is 330 g/mol. The van der Waals surface area contributed by atoms with Crippen LogP contribution < -0.4 is 4.74 Å². The number of Topliss-reactive ketones (excluding diaryl/α,β-unsaturated/α-hetero) is 1. The zero-order chi connectivity index (χ0) is 14.3. The fraction of sp³-hybridized carbons (Fsp3) is 0.133. The molecule has 2 aromatic carbocycles. The van der Waals surface area contributed by atoms with Crippen molar-refractivity contribution in [3.63, 3.8) is 0 Å². The maximum absolute atomic E-state index is 13.5. The van der Waals surface area contributed by atoms with Crippen LogP contribution in [0.15, 0.2) is 40.9 Å². The highest BCUT2D eigenvalue weighted by molar-refractivity contribution is 9.10. The van der Waals surface area contributed by atoms with Gasteiger partial charge in [0.1, 0.15) is 23.5 Å². The summed E-state index contributed by atoms with van der Waals surface area (Å²) >= 11 is 3.07. The van der Waals surface area contributed by atoms with Gasteiger partial charge < -0.3 is 4.74 Å². The van der Waals surface area contributed by atoms with Gasteiger partial charge >= 0.3 is 0 Å². The topological polar surface area (TPSA) is 26.3 Å². The third-order valence-electron chi connectivity index (χ3n) is 3.20. The largest absolute Gasteiger partial charge is 0.484 e. The molecule has 1 atom stereocenters. The molecule has 0 saturated carbocycles. The number of carbonyl (C=O) groups excluding carboxylic acids is 1. The van der Waals surface area contributed by atoms with Gasteiger partial charge in [-0.2, -0.15) is 0 Å². The molecule has 1 aliphatic rings. The summed E-state index contributed by atoms with van der Waals surface area (Å²) in [5, 5.41) is 0. The van der Waals surface area contributed by atoms with Crippen molar-refractivity contribution >= 4 is 21.7 Å². The molecule has 5 heteroatoms. The minimum atomic E-state index is -0.553. The Morgan fingerprint density at radius 3 is 2.70 bits per heavy atom. The summed E-state index contributed by atoms with van der Waals surface area (Å²) in [6.45, 7) is 0. The molecule has 1 unspecified atom stereocenters. The number of ether oxygens (including phenoxy) is 1. The Morgan fingerprint density at radius 2 is 1.95 bits per heavy atom. The minimum absolute atomic E-state index is 0.0670. The lowest BCUT2D eigenvalue weighted by molar-refractivity contribution is 0.0848. The number of ketones is 1. The molecule has 1 heterocycles. The van der Waals surface area contributed by atoms with Crippen LogP contribution in [0, 0.1) is 11.6 Å². The summed E-state index contributed by atoms with van der Waals surface area (Å²) in [5.41, 5.74) is 0.813. The van der Waals surface area contributed by atoms with E-state index < -0.39 is 17.7 Å². The standard InChI is InChI=1S/C15H9BrF2O2/c16-11-3-1-8(5-12(11)18)15-7-13(19)10-6-9(17)2-4-14(10)20-15/h1-6,15H,7H2. The average Bonchev–Trinajstić information content (AvgIpc) is 2.42. The van der Waals surface area contributed by atoms with Gasteiger partial charge in [0.2, 0.25) is 0 Å². The first-order chi connectivity index (χ1) is 9.54. The Balaban J connectivity index is 1.97. The summed E-state index contributed by atoms with van der Waals surface area (Å²) in [4.78, 5) is 12.0. The predicted molar refractivity (Wildman–Crippen MR) is 72.8 cm³/mol. The molecule has 0 saturated heterocycles. The van der Waals surface area contributed by atoms with Gasteiger partial charge in [-0.05, 0) is 51.8 Å². The van der Waals surface area contributed by atoms with Crippen molar-refractivity contribution in [1.29, 1.82) is 0 Å². The molecule has 2 aromatic rings. The first-order valence-corrected chi connectivity index (χ1v) is 6.78. The molecule has 0 fully saturated rings. The minimum Gasteiger partial charge on any atom is -0.484 e. The van der Waals surface area contributed by atoms with E-state index in [1.807, 2.05) is 0 Å². The average molecular weight is 339 g/mol. The van der Waals surface area contributed by atoms with E-state index >= 15 is 0 Å². The number of hydrogen-bond donors (Lipinski definition) is 0. The van der Waals surface area contributed by atoms with Gasteiger partial charge in [0.25, 0.3) is 0 Å². The van der Waals surface area contributed by atoms with Crippen LogP contribution >= 0.6 is 15.9 Å². The van der Waals surface area contributed by atoms with Gasteiger partial charge in [-0.15, -0.1) is 0 Å². The van der Waals surface area contributed by atoms with Crippen LogP contribution in [-0.4, -0.2) is 5.78 Å². The Kier molecular flexibility index (Phi) is 3.30. The number of benzene rings is 2. The predicted octanol–water partition coefficient (Wildman–Crippen LogP) is 4.43. The van der Waals surface area contributed by atoms with E-state index in [0.29, 0.717) is 15.8 Å². The van der Waals surface area contributed by atoms with Gasteiger partial charge in [0.15, 0.2) is 5.78 Å². The van der Waals surface area contributed by atoms with E-state index in [4.69, 9.17) is 4.74 Å². The lowest BCUT2D eigenvalue weighted by atomic mass is 9.96. The summed E-state index contributed by atoms with van der Waals surface area (Å²) in [6.07, 6.45) is -0.486. The van der Waals surface area contributed by atoms with Crippen molar-refractivity contribution in [3.05, 3.63) is 63.6 Å². The number of rotatable bonds is 1. The Hall–Kier alpha value is -1.75. The normalized spacial score (nSPS) is 17.6. The van der Waals surface area contributed by atoms with Gasteiger partial charge in [-0.1, -0.05) is 6.07 Å². The maximum Gasteiger partial charge on any atom is 0.170 e. The van der Waals surface area contributed by atoms with Crippen molar-refractivity contribution in [2.45, 2.75) is 12.5 Å². The second-order valence-electron chi connectivity index (χ2n) is 4.55. The molecule has 0 spiro atoms. The monoisotopic (exact) mass is 338 g/mol. The fourth-order valence-electron chi connectivity index (χ4n) is 2.19. The fourth-order valence-corrected chi connectivity index (χ4v) is 2.44.